The lowest BCUT2D eigenvalue weighted by molar-refractivity contribution is 0.0256. The SMILES string of the molecule is Cn1ncc(C(=O)NC2CC2)c1-c1cc(OC2CN(C(=O)N3N=CC[C@H]3c3cc(F)cc(F)c3)C2)c(F)cn1. The number of amides is 3. The van der Waals surface area contributed by atoms with Crippen molar-refractivity contribution in [1.82, 2.24) is 30.0 Å². The normalized spacial score (nSPS) is 18.8. The Kier molecular flexibility index (Phi) is 6.20. The summed E-state index contributed by atoms with van der Waals surface area (Å²) in [5.41, 5.74) is 1.37. The molecular formula is C26H24F3N7O3. The van der Waals surface area contributed by atoms with Gasteiger partial charge < -0.3 is 15.0 Å². The first-order valence-electron chi connectivity index (χ1n) is 12.5. The zero-order valence-electron chi connectivity index (χ0n) is 20.9. The number of rotatable bonds is 6. The molecular weight excluding hydrogens is 515 g/mol. The van der Waals surface area contributed by atoms with E-state index in [4.69, 9.17) is 4.74 Å². The van der Waals surface area contributed by atoms with Crippen molar-refractivity contribution in [1.29, 1.82) is 0 Å². The first-order chi connectivity index (χ1) is 18.8. The van der Waals surface area contributed by atoms with Gasteiger partial charge in [0.05, 0.1) is 48.5 Å². The van der Waals surface area contributed by atoms with Crippen LogP contribution in [0.1, 0.15) is 41.2 Å². The van der Waals surface area contributed by atoms with Gasteiger partial charge in [-0.3, -0.25) is 14.5 Å². The van der Waals surface area contributed by atoms with Gasteiger partial charge in [0.25, 0.3) is 5.91 Å². The van der Waals surface area contributed by atoms with Gasteiger partial charge in [-0.1, -0.05) is 0 Å². The van der Waals surface area contributed by atoms with Crippen molar-refractivity contribution in [2.75, 3.05) is 13.1 Å². The number of hydrazone groups is 1. The Bertz CT molecular complexity index is 1460. The van der Waals surface area contributed by atoms with Crippen molar-refractivity contribution in [2.24, 2.45) is 12.1 Å². The molecule has 3 aliphatic rings. The van der Waals surface area contributed by atoms with E-state index < -0.39 is 35.6 Å². The molecule has 1 saturated carbocycles. The fourth-order valence-electron chi connectivity index (χ4n) is 4.67. The monoisotopic (exact) mass is 539 g/mol. The Morgan fingerprint density at radius 1 is 1.05 bits per heavy atom. The number of pyridine rings is 1. The molecule has 6 rings (SSSR count). The first kappa shape index (κ1) is 24.9. The van der Waals surface area contributed by atoms with Crippen molar-refractivity contribution in [2.45, 2.75) is 37.5 Å². The lowest BCUT2D eigenvalue weighted by atomic mass is 10.0. The van der Waals surface area contributed by atoms with Crippen molar-refractivity contribution < 1.29 is 27.5 Å². The minimum absolute atomic E-state index is 0.0702. The summed E-state index contributed by atoms with van der Waals surface area (Å²) >= 11 is 0. The number of hydrogen-bond donors (Lipinski definition) is 1. The van der Waals surface area contributed by atoms with E-state index in [1.807, 2.05) is 0 Å². The molecule has 39 heavy (non-hydrogen) atoms. The van der Waals surface area contributed by atoms with Crippen LogP contribution >= 0.6 is 0 Å². The van der Waals surface area contributed by atoms with E-state index in [0.717, 1.165) is 25.1 Å². The molecule has 4 heterocycles. The van der Waals surface area contributed by atoms with Crippen molar-refractivity contribution in [3.63, 3.8) is 0 Å². The number of likely N-dealkylation sites (tertiary alicyclic amines) is 1. The van der Waals surface area contributed by atoms with E-state index in [1.54, 1.807) is 7.05 Å². The van der Waals surface area contributed by atoms with Gasteiger partial charge in [0.15, 0.2) is 11.6 Å². The van der Waals surface area contributed by atoms with E-state index in [-0.39, 0.29) is 30.8 Å². The Hall–Kier alpha value is -4.42. The number of aromatic nitrogens is 3. The fraction of sp³-hybridized carbons (Fsp3) is 0.346. The molecule has 0 bridgehead atoms. The van der Waals surface area contributed by atoms with Gasteiger partial charge in [-0.2, -0.15) is 10.2 Å². The van der Waals surface area contributed by atoms with Gasteiger partial charge in [0, 0.05) is 37.9 Å². The second-order valence-corrected chi connectivity index (χ2v) is 9.80. The van der Waals surface area contributed by atoms with Crippen LogP contribution in [0.5, 0.6) is 5.75 Å². The van der Waals surface area contributed by atoms with E-state index in [0.29, 0.717) is 28.9 Å². The topological polar surface area (TPSA) is 105 Å². The van der Waals surface area contributed by atoms with Crippen LogP contribution in [0.15, 0.2) is 41.8 Å². The van der Waals surface area contributed by atoms with Crippen LogP contribution in [-0.2, 0) is 7.05 Å². The molecule has 2 aromatic heterocycles. The predicted octanol–water partition coefficient (Wildman–Crippen LogP) is 3.41. The summed E-state index contributed by atoms with van der Waals surface area (Å²) in [6.45, 7) is 0.319. The summed E-state index contributed by atoms with van der Waals surface area (Å²) in [6.07, 6.45) is 5.67. The molecule has 202 valence electrons. The Morgan fingerprint density at radius 2 is 1.79 bits per heavy atom. The Labute approximate surface area is 221 Å². The van der Waals surface area contributed by atoms with Crippen LogP contribution in [0.3, 0.4) is 0 Å². The largest absolute Gasteiger partial charge is 0.483 e. The third kappa shape index (κ3) is 4.91. The molecule has 13 heteroatoms. The molecule has 1 saturated heterocycles. The molecule has 10 nitrogen and oxygen atoms in total. The smallest absolute Gasteiger partial charge is 0.341 e. The lowest BCUT2D eigenvalue weighted by Gasteiger charge is -2.41. The molecule has 1 N–H and O–H groups in total. The highest BCUT2D eigenvalue weighted by molar-refractivity contribution is 5.99. The van der Waals surface area contributed by atoms with E-state index in [2.05, 4.69) is 20.5 Å². The maximum atomic E-state index is 14.6. The second-order valence-electron chi connectivity index (χ2n) is 9.80. The van der Waals surface area contributed by atoms with Crippen molar-refractivity contribution in [3.8, 4) is 17.1 Å². The highest BCUT2D eigenvalue weighted by atomic mass is 19.1. The highest BCUT2D eigenvalue weighted by Gasteiger charge is 2.39. The summed E-state index contributed by atoms with van der Waals surface area (Å²) in [6, 6.07) is 3.61. The van der Waals surface area contributed by atoms with Gasteiger partial charge in [-0.15, -0.1) is 0 Å². The molecule has 1 atom stereocenters. The maximum absolute atomic E-state index is 14.6. The van der Waals surface area contributed by atoms with Gasteiger partial charge in [0.2, 0.25) is 0 Å². The number of nitrogens with zero attached hydrogens (tertiary/aromatic N) is 6. The average molecular weight is 540 g/mol. The van der Waals surface area contributed by atoms with Crippen LogP contribution in [-0.4, -0.2) is 68.1 Å². The number of urea groups is 1. The molecule has 1 aromatic carbocycles. The summed E-state index contributed by atoms with van der Waals surface area (Å²) in [5.74, 6) is -2.50. The number of ether oxygens (including phenoxy) is 1. The molecule has 3 amide bonds. The molecule has 2 fully saturated rings. The zero-order valence-corrected chi connectivity index (χ0v) is 20.9. The van der Waals surface area contributed by atoms with Crippen LogP contribution in [0.25, 0.3) is 11.4 Å². The summed E-state index contributed by atoms with van der Waals surface area (Å²) in [4.78, 5) is 31.3. The Balaban J connectivity index is 1.12. The average Bonchev–Trinajstić information content (AvgIpc) is 3.39. The van der Waals surface area contributed by atoms with Crippen molar-refractivity contribution in [3.05, 3.63) is 65.2 Å². The fourth-order valence-corrected chi connectivity index (χ4v) is 4.67. The van der Waals surface area contributed by atoms with Crippen molar-refractivity contribution >= 4 is 18.2 Å². The maximum Gasteiger partial charge on any atom is 0.341 e. The van der Waals surface area contributed by atoms with Crippen LogP contribution in [0, 0.1) is 17.5 Å². The number of benzene rings is 1. The second kappa shape index (κ2) is 9.71. The molecule has 1 aliphatic carbocycles. The standard InChI is InChI=1S/C26H24F3N7O3/c1-34-24(19(10-32-34)25(37)33-17-2-3-17)21-9-23(20(29)11-30-21)39-18-12-35(13-18)26(38)36-22(4-5-31-36)14-6-15(27)8-16(28)7-14/h5-11,17-18,22H,2-4,12-13H2,1H3,(H,33,37)/t22-/m0/s1. The Morgan fingerprint density at radius 3 is 2.51 bits per heavy atom. The third-order valence-electron chi connectivity index (χ3n) is 6.87. The summed E-state index contributed by atoms with van der Waals surface area (Å²) in [7, 11) is 1.66. The molecule has 0 unspecified atom stereocenters. The zero-order chi connectivity index (χ0) is 27.3. The molecule has 2 aliphatic heterocycles. The third-order valence-corrected chi connectivity index (χ3v) is 6.87. The van der Waals surface area contributed by atoms with E-state index in [9.17, 15) is 22.8 Å². The first-order valence-corrected chi connectivity index (χ1v) is 12.5. The highest BCUT2D eigenvalue weighted by Crippen LogP contribution is 2.33. The summed E-state index contributed by atoms with van der Waals surface area (Å²) in [5, 5.41) is 12.4. The number of nitrogens with one attached hydrogen (secondary N) is 1. The number of carbonyl (C=O) groups excluding carboxylic acids is 2. The van der Waals surface area contributed by atoms with E-state index in [1.165, 1.54) is 45.2 Å². The van der Waals surface area contributed by atoms with Crippen LogP contribution < -0.4 is 10.1 Å². The lowest BCUT2D eigenvalue weighted by Crippen LogP contribution is -2.58. The number of carbonyl (C=O) groups is 2. The van der Waals surface area contributed by atoms with Gasteiger partial charge >= 0.3 is 6.03 Å². The number of halogens is 3. The quantitative estimate of drug-likeness (QED) is 0.517. The number of aryl methyl sites for hydroxylation is 1. The van der Waals surface area contributed by atoms with Crippen LogP contribution in [0.4, 0.5) is 18.0 Å². The molecule has 0 spiro atoms. The van der Waals surface area contributed by atoms with Gasteiger partial charge in [-0.05, 0) is 30.5 Å². The van der Waals surface area contributed by atoms with E-state index >= 15 is 0 Å². The van der Waals surface area contributed by atoms with Crippen LogP contribution in [0.2, 0.25) is 0 Å². The van der Waals surface area contributed by atoms with Gasteiger partial charge in [-0.25, -0.2) is 23.0 Å². The van der Waals surface area contributed by atoms with Gasteiger partial charge in [0.1, 0.15) is 17.7 Å². The molecule has 0 radical (unpaired) electrons. The number of hydrogen-bond acceptors (Lipinski definition) is 6. The minimum Gasteiger partial charge on any atom is -0.483 e. The summed E-state index contributed by atoms with van der Waals surface area (Å²) < 4.78 is 49.4. The minimum atomic E-state index is -0.734. The molecule has 3 aromatic rings. The predicted molar refractivity (Wildman–Crippen MR) is 132 cm³/mol.